The minimum atomic E-state index is -0.841. The van der Waals surface area contributed by atoms with Gasteiger partial charge in [-0.2, -0.15) is 0 Å². The summed E-state index contributed by atoms with van der Waals surface area (Å²) < 4.78 is 34.0. The first-order chi connectivity index (χ1) is 18.6. The van der Waals surface area contributed by atoms with Gasteiger partial charge in [-0.15, -0.1) is 0 Å². The van der Waals surface area contributed by atoms with Gasteiger partial charge in [0.1, 0.15) is 29.0 Å². The largest absolute Gasteiger partial charge is 0.487 e. The van der Waals surface area contributed by atoms with Crippen LogP contribution in [0.25, 0.3) is 11.0 Å². The quantitative estimate of drug-likeness (QED) is 0.218. The zero-order valence-electron chi connectivity index (χ0n) is 20.6. The molecule has 0 aliphatic rings. The van der Waals surface area contributed by atoms with Crippen LogP contribution < -0.4 is 21.3 Å². The molecule has 204 valence electrons. The van der Waals surface area contributed by atoms with Crippen LogP contribution in [0.3, 0.4) is 0 Å². The van der Waals surface area contributed by atoms with Gasteiger partial charge in [0, 0.05) is 41.8 Å². The van der Waals surface area contributed by atoms with E-state index in [-0.39, 0.29) is 58.9 Å². The molecule has 0 unspecified atom stereocenters. The third-order valence-electron chi connectivity index (χ3n) is 5.92. The number of hydrogen-bond acceptors (Lipinski definition) is 7. The predicted molar refractivity (Wildman–Crippen MR) is 139 cm³/mol. The highest BCUT2D eigenvalue weighted by Crippen LogP contribution is 2.30. The number of imidazole rings is 1. The Hall–Kier alpha value is -4.13. The number of aromatic nitrogens is 3. The summed E-state index contributed by atoms with van der Waals surface area (Å²) in [5.41, 5.74) is -0.241. The van der Waals surface area contributed by atoms with Gasteiger partial charge in [-0.05, 0) is 36.9 Å². The topological polar surface area (TPSA) is 146 Å². The number of aromatic amines is 2. The molecule has 2 heterocycles. The fourth-order valence-electron chi connectivity index (χ4n) is 4.12. The molecule has 10 nitrogen and oxygen atoms in total. The molecule has 4 rings (SSSR count). The van der Waals surface area contributed by atoms with Gasteiger partial charge < -0.3 is 25.1 Å². The predicted octanol–water partition coefficient (Wildman–Crippen LogP) is 2.54. The molecule has 4 N–H and O–H groups in total. The molecule has 13 heteroatoms. The van der Waals surface area contributed by atoms with E-state index in [9.17, 15) is 33.1 Å². The van der Waals surface area contributed by atoms with Crippen molar-refractivity contribution in [3.05, 3.63) is 96.3 Å². The molecule has 4 aromatic rings. The number of Topliss-reactive ketones (excluding diaryl/α,β-unsaturated/α-hetero) is 1. The number of ketones is 1. The van der Waals surface area contributed by atoms with Crippen LogP contribution in [0.5, 0.6) is 5.75 Å². The van der Waals surface area contributed by atoms with Crippen LogP contribution in [0.1, 0.15) is 38.3 Å². The summed E-state index contributed by atoms with van der Waals surface area (Å²) >= 11 is 6.21. The average Bonchev–Trinajstić information content (AvgIpc) is 3.22. The van der Waals surface area contributed by atoms with Crippen molar-refractivity contribution in [3.63, 3.8) is 0 Å². The van der Waals surface area contributed by atoms with Crippen molar-refractivity contribution in [2.24, 2.45) is 0 Å². The van der Waals surface area contributed by atoms with Crippen LogP contribution in [0.4, 0.5) is 8.78 Å². The fraction of sp³-hybridized carbons (Fsp3) is 0.231. The Morgan fingerprint density at radius 2 is 1.92 bits per heavy atom. The number of H-pyrrole nitrogens is 2. The highest BCUT2D eigenvalue weighted by atomic mass is 35.5. The lowest BCUT2D eigenvalue weighted by molar-refractivity contribution is 0.0914. The molecule has 39 heavy (non-hydrogen) atoms. The Kier molecular flexibility index (Phi) is 8.38. The first-order valence-corrected chi connectivity index (χ1v) is 12.1. The van der Waals surface area contributed by atoms with E-state index in [0.717, 1.165) is 10.6 Å². The van der Waals surface area contributed by atoms with Gasteiger partial charge in [0.25, 0.3) is 5.56 Å². The first-order valence-electron chi connectivity index (χ1n) is 11.7. The van der Waals surface area contributed by atoms with Crippen molar-refractivity contribution in [1.82, 2.24) is 19.9 Å². The molecule has 0 aliphatic heterocycles. The number of pyridine rings is 1. The lowest BCUT2D eigenvalue weighted by Gasteiger charge is -2.14. The van der Waals surface area contributed by atoms with E-state index >= 15 is 0 Å². The van der Waals surface area contributed by atoms with Crippen molar-refractivity contribution in [2.45, 2.75) is 19.4 Å². The van der Waals surface area contributed by atoms with Crippen molar-refractivity contribution in [3.8, 4) is 5.75 Å². The Bertz CT molecular complexity index is 1690. The number of aliphatic hydroxyl groups is 1. The van der Waals surface area contributed by atoms with Gasteiger partial charge in [-0.25, -0.2) is 18.1 Å². The van der Waals surface area contributed by atoms with Gasteiger partial charge in [-0.1, -0.05) is 11.6 Å². The number of rotatable bonds is 10. The molecular weight excluding hydrogens is 538 g/mol. The van der Waals surface area contributed by atoms with Crippen molar-refractivity contribution >= 4 is 34.3 Å². The second-order valence-electron chi connectivity index (χ2n) is 8.61. The summed E-state index contributed by atoms with van der Waals surface area (Å²) in [7, 11) is 1.54. The summed E-state index contributed by atoms with van der Waals surface area (Å²) in [6, 6.07) is 5.98. The lowest BCUT2D eigenvalue weighted by Crippen LogP contribution is -2.31. The molecule has 0 atom stereocenters. The molecule has 0 radical (unpaired) electrons. The van der Waals surface area contributed by atoms with Crippen LogP contribution in [-0.4, -0.2) is 51.5 Å². The van der Waals surface area contributed by atoms with Crippen LogP contribution in [-0.2, 0) is 13.0 Å². The second kappa shape index (κ2) is 11.7. The average molecular weight is 561 g/mol. The molecule has 0 bridgehead atoms. The Morgan fingerprint density at radius 1 is 1.15 bits per heavy atom. The summed E-state index contributed by atoms with van der Waals surface area (Å²) in [5, 5.41) is 11.7. The van der Waals surface area contributed by atoms with E-state index in [1.807, 2.05) is 0 Å². The molecule has 0 saturated heterocycles. The van der Waals surface area contributed by atoms with E-state index in [0.29, 0.717) is 17.2 Å². The number of aliphatic hydroxyl groups excluding tert-OH is 1. The van der Waals surface area contributed by atoms with Gasteiger partial charge in [-0.3, -0.25) is 14.4 Å². The fourth-order valence-corrected chi connectivity index (χ4v) is 4.35. The molecule has 0 fully saturated rings. The number of hydrogen-bond donors (Lipinski definition) is 4. The Balaban J connectivity index is 1.80. The van der Waals surface area contributed by atoms with Crippen molar-refractivity contribution in [2.75, 3.05) is 20.2 Å². The summed E-state index contributed by atoms with van der Waals surface area (Å²) in [5.74, 6) is -2.70. The summed E-state index contributed by atoms with van der Waals surface area (Å²) in [6.45, 7) is -0.941. The molecule has 0 saturated carbocycles. The number of ether oxygens (including phenoxy) is 1. The van der Waals surface area contributed by atoms with Crippen LogP contribution in [0.2, 0.25) is 5.02 Å². The number of likely N-dealkylation sites (N-methyl/N-ethyl adjacent to an activating group) is 1. The van der Waals surface area contributed by atoms with Gasteiger partial charge in [0.2, 0.25) is 5.91 Å². The number of halogens is 3. The number of nitrogens with one attached hydrogen (secondary N) is 3. The Morgan fingerprint density at radius 3 is 2.62 bits per heavy atom. The van der Waals surface area contributed by atoms with E-state index in [4.69, 9.17) is 16.3 Å². The molecule has 0 amide bonds. The van der Waals surface area contributed by atoms with E-state index in [1.54, 1.807) is 7.05 Å². The first kappa shape index (κ1) is 27.9. The highest BCUT2D eigenvalue weighted by Gasteiger charge is 2.21. The molecule has 0 aliphatic carbocycles. The van der Waals surface area contributed by atoms with Gasteiger partial charge >= 0.3 is 5.69 Å². The Labute approximate surface area is 224 Å². The summed E-state index contributed by atoms with van der Waals surface area (Å²) in [6.07, 6.45) is 1.12. The number of benzene rings is 2. The van der Waals surface area contributed by atoms with Crippen molar-refractivity contribution < 1.29 is 28.2 Å². The molecule has 2 aromatic carbocycles. The van der Waals surface area contributed by atoms with E-state index < -0.39 is 41.2 Å². The minimum Gasteiger partial charge on any atom is -0.487 e. The maximum absolute atomic E-state index is 14.1. The number of carbonyl (C=O) groups is 2. The van der Waals surface area contributed by atoms with Gasteiger partial charge in [0.15, 0.2) is 5.78 Å². The summed E-state index contributed by atoms with van der Waals surface area (Å²) in [4.78, 5) is 55.3. The zero-order chi connectivity index (χ0) is 28.3. The highest BCUT2D eigenvalue weighted by molar-refractivity contribution is 6.32. The number of fused-ring (bicyclic) bond motifs is 1. The zero-order valence-corrected chi connectivity index (χ0v) is 21.3. The molecule has 2 aromatic heterocycles. The van der Waals surface area contributed by atoms with E-state index in [2.05, 4.69) is 15.3 Å². The third kappa shape index (κ3) is 5.82. The van der Waals surface area contributed by atoms with Gasteiger partial charge in [0.05, 0.1) is 24.2 Å². The van der Waals surface area contributed by atoms with Crippen LogP contribution in [0, 0.1) is 11.6 Å². The van der Waals surface area contributed by atoms with Crippen LogP contribution in [0.15, 0.2) is 46.1 Å². The SMILES string of the molecule is CNCC(=O)n1c(=O)[nH]c2c(C(=O)CCO)cc(Cc3c[nH]c(=O)c(Cl)c3OCc3ccc(F)cc3F)cc21. The monoisotopic (exact) mass is 560 g/mol. The second-order valence-corrected chi connectivity index (χ2v) is 8.99. The standard InChI is InChI=1S/C26H23ClF2N4O6/c1-30-11-21(36)33-19-8-13(7-17(20(35)4-5-34)23(19)32-26(33)38)6-15-10-31-25(37)22(27)24(15)39-12-14-2-3-16(28)9-18(14)29/h2-3,7-10,30,34H,4-6,11-12H2,1H3,(H,31,37)(H,32,38). The minimum absolute atomic E-state index is 0.00661. The number of carbonyl (C=O) groups excluding carboxylic acids is 2. The van der Waals surface area contributed by atoms with Crippen molar-refractivity contribution in [1.29, 1.82) is 0 Å². The normalized spacial score (nSPS) is 11.2. The maximum Gasteiger partial charge on any atom is 0.333 e. The number of nitrogens with zero attached hydrogens (tertiary/aromatic N) is 1. The van der Waals surface area contributed by atoms with Crippen LogP contribution >= 0.6 is 11.6 Å². The lowest BCUT2D eigenvalue weighted by atomic mass is 9.99. The maximum atomic E-state index is 14.1. The molecule has 0 spiro atoms. The van der Waals surface area contributed by atoms with E-state index in [1.165, 1.54) is 24.4 Å². The smallest absolute Gasteiger partial charge is 0.333 e. The molecular formula is C26H23ClF2N4O6. The third-order valence-corrected chi connectivity index (χ3v) is 6.26.